The minimum atomic E-state index is -3.92. The Kier molecular flexibility index (Phi) is 4.37. The molecule has 0 radical (unpaired) electrons. The maximum atomic E-state index is 12.9. The highest BCUT2D eigenvalue weighted by molar-refractivity contribution is 7.89. The van der Waals surface area contributed by atoms with Crippen LogP contribution in [0.2, 0.25) is 0 Å². The predicted molar refractivity (Wildman–Crippen MR) is 82.6 cm³/mol. The van der Waals surface area contributed by atoms with E-state index in [2.05, 4.69) is 5.32 Å². The van der Waals surface area contributed by atoms with E-state index in [9.17, 15) is 18.5 Å². The van der Waals surface area contributed by atoms with Gasteiger partial charge in [-0.1, -0.05) is 12.1 Å². The van der Waals surface area contributed by atoms with Crippen LogP contribution < -0.4 is 5.32 Å². The molecule has 8 nitrogen and oxygen atoms in total. The maximum absolute atomic E-state index is 12.9. The van der Waals surface area contributed by atoms with Crippen LogP contribution in [-0.2, 0) is 14.8 Å². The fourth-order valence-electron chi connectivity index (χ4n) is 3.17. The molecule has 1 aromatic carbocycles. The summed E-state index contributed by atoms with van der Waals surface area (Å²) in [6, 6.07) is 5.47. The second kappa shape index (κ2) is 6.16. The molecule has 0 bridgehead atoms. The van der Waals surface area contributed by atoms with Crippen molar-refractivity contribution >= 4 is 15.7 Å². The van der Waals surface area contributed by atoms with E-state index in [1.54, 1.807) is 0 Å². The fraction of sp³-hybridized carbons (Fsp3) is 0.571. The number of rotatable bonds is 3. The van der Waals surface area contributed by atoms with Crippen molar-refractivity contribution in [3.63, 3.8) is 0 Å². The lowest BCUT2D eigenvalue weighted by Crippen LogP contribution is -2.57. The number of nitro groups is 1. The van der Waals surface area contributed by atoms with Crippen molar-refractivity contribution < 1.29 is 18.1 Å². The summed E-state index contributed by atoms with van der Waals surface area (Å²) in [5.41, 5.74) is -0.876. The first-order chi connectivity index (χ1) is 10.9. The number of sulfonamides is 1. The molecule has 3 rings (SSSR count). The molecule has 0 unspecified atom stereocenters. The lowest BCUT2D eigenvalue weighted by Gasteiger charge is -2.44. The van der Waals surface area contributed by atoms with Crippen LogP contribution in [0, 0.1) is 10.1 Å². The zero-order valence-electron chi connectivity index (χ0n) is 12.6. The summed E-state index contributed by atoms with van der Waals surface area (Å²) in [6.07, 6.45) is 1.46. The molecule has 2 aliphatic rings. The Morgan fingerprint density at radius 3 is 2.65 bits per heavy atom. The Morgan fingerprint density at radius 1 is 1.26 bits per heavy atom. The largest absolute Gasteiger partial charge is 0.372 e. The molecule has 2 heterocycles. The van der Waals surface area contributed by atoms with Gasteiger partial charge in [-0.05, 0) is 32.0 Å². The van der Waals surface area contributed by atoms with E-state index in [1.165, 1.54) is 28.6 Å². The standard InChI is InChI=1S/C14H19N3O5S/c18-17(19)12-3-1-2-4-13(12)23(20,21)16-9-10-22-14(11-16)5-7-15-8-6-14/h1-4,15H,5-11H2. The number of ether oxygens (including phenoxy) is 1. The Bertz CT molecular complexity index is 695. The van der Waals surface area contributed by atoms with Gasteiger partial charge in [0, 0.05) is 19.2 Å². The smallest absolute Gasteiger partial charge is 0.289 e. The van der Waals surface area contributed by atoms with Crippen molar-refractivity contribution in [2.75, 3.05) is 32.8 Å². The van der Waals surface area contributed by atoms with Crippen molar-refractivity contribution in [2.45, 2.75) is 23.3 Å². The van der Waals surface area contributed by atoms with E-state index in [1.807, 2.05) is 0 Å². The van der Waals surface area contributed by atoms with Crippen LogP contribution in [0.15, 0.2) is 29.2 Å². The first-order valence-electron chi connectivity index (χ1n) is 7.53. The molecule has 0 atom stereocenters. The number of piperidine rings is 1. The van der Waals surface area contributed by atoms with Crippen LogP contribution in [0.25, 0.3) is 0 Å². The summed E-state index contributed by atoms with van der Waals surface area (Å²) >= 11 is 0. The first kappa shape index (κ1) is 16.3. The fourth-order valence-corrected chi connectivity index (χ4v) is 4.82. The van der Waals surface area contributed by atoms with Gasteiger partial charge < -0.3 is 10.1 Å². The van der Waals surface area contributed by atoms with E-state index in [0.29, 0.717) is 6.61 Å². The predicted octanol–water partition coefficient (Wildman–Crippen LogP) is 0.738. The van der Waals surface area contributed by atoms with Gasteiger partial charge in [0.25, 0.3) is 5.69 Å². The molecule has 126 valence electrons. The van der Waals surface area contributed by atoms with Gasteiger partial charge in [-0.3, -0.25) is 10.1 Å². The number of hydrogen-bond donors (Lipinski definition) is 1. The summed E-state index contributed by atoms with van der Waals surface area (Å²) in [5.74, 6) is 0. The summed E-state index contributed by atoms with van der Waals surface area (Å²) in [5, 5.41) is 14.4. The molecule has 2 aliphatic heterocycles. The highest BCUT2D eigenvalue weighted by Gasteiger charge is 2.43. The molecular weight excluding hydrogens is 322 g/mol. The third-order valence-electron chi connectivity index (χ3n) is 4.41. The summed E-state index contributed by atoms with van der Waals surface area (Å²) in [4.78, 5) is 10.2. The molecule has 0 aliphatic carbocycles. The second-order valence-corrected chi connectivity index (χ2v) is 7.75. The molecule has 23 heavy (non-hydrogen) atoms. The van der Waals surface area contributed by atoms with Crippen molar-refractivity contribution in [1.82, 2.24) is 9.62 Å². The molecule has 1 aromatic rings. The SMILES string of the molecule is O=[N+]([O-])c1ccccc1S(=O)(=O)N1CCOC2(CCNCC2)C1. The van der Waals surface area contributed by atoms with E-state index in [0.717, 1.165) is 25.9 Å². The van der Waals surface area contributed by atoms with Crippen molar-refractivity contribution in [3.05, 3.63) is 34.4 Å². The van der Waals surface area contributed by atoms with Gasteiger partial charge in [0.15, 0.2) is 4.90 Å². The molecular formula is C14H19N3O5S. The van der Waals surface area contributed by atoms with E-state index >= 15 is 0 Å². The number of benzene rings is 1. The summed E-state index contributed by atoms with van der Waals surface area (Å²) in [6.45, 7) is 2.31. The number of hydrogen-bond acceptors (Lipinski definition) is 6. The molecule has 2 fully saturated rings. The minimum Gasteiger partial charge on any atom is -0.372 e. The number of para-hydroxylation sites is 1. The van der Waals surface area contributed by atoms with Gasteiger partial charge in [0.2, 0.25) is 10.0 Å². The molecule has 0 saturated carbocycles. The Labute approximate surface area is 134 Å². The van der Waals surface area contributed by atoms with Gasteiger partial charge in [0.1, 0.15) is 0 Å². The van der Waals surface area contributed by atoms with Crippen LogP contribution in [0.1, 0.15) is 12.8 Å². The second-order valence-electron chi connectivity index (χ2n) is 5.84. The average molecular weight is 341 g/mol. The summed E-state index contributed by atoms with van der Waals surface area (Å²) in [7, 11) is -3.92. The highest BCUT2D eigenvalue weighted by Crippen LogP contribution is 2.32. The Balaban J connectivity index is 1.92. The van der Waals surface area contributed by atoms with Gasteiger partial charge >= 0.3 is 0 Å². The van der Waals surface area contributed by atoms with Gasteiger partial charge in [-0.25, -0.2) is 8.42 Å². The van der Waals surface area contributed by atoms with Gasteiger partial charge in [-0.2, -0.15) is 4.31 Å². The monoisotopic (exact) mass is 341 g/mol. The van der Waals surface area contributed by atoms with Gasteiger partial charge in [0.05, 0.1) is 17.1 Å². The molecule has 9 heteroatoms. The quantitative estimate of drug-likeness (QED) is 0.643. The van der Waals surface area contributed by atoms with E-state index < -0.39 is 26.2 Å². The van der Waals surface area contributed by atoms with Crippen LogP contribution in [0.5, 0.6) is 0 Å². The number of nitrogens with one attached hydrogen (secondary N) is 1. The first-order valence-corrected chi connectivity index (χ1v) is 8.97. The average Bonchev–Trinajstić information content (AvgIpc) is 2.55. The minimum absolute atomic E-state index is 0.212. The van der Waals surface area contributed by atoms with Crippen molar-refractivity contribution in [3.8, 4) is 0 Å². The van der Waals surface area contributed by atoms with E-state index in [-0.39, 0.29) is 18.0 Å². The van der Waals surface area contributed by atoms with Crippen LogP contribution >= 0.6 is 0 Å². The molecule has 2 saturated heterocycles. The number of nitro benzene ring substituents is 1. The molecule has 0 aromatic heterocycles. The Hall–Kier alpha value is -1.55. The van der Waals surface area contributed by atoms with Crippen molar-refractivity contribution in [1.29, 1.82) is 0 Å². The third kappa shape index (κ3) is 3.09. The van der Waals surface area contributed by atoms with E-state index in [4.69, 9.17) is 4.74 Å². The topological polar surface area (TPSA) is 102 Å². The van der Waals surface area contributed by atoms with Crippen LogP contribution in [-0.4, -0.2) is 56.0 Å². The zero-order chi connectivity index (χ0) is 16.5. The third-order valence-corrected chi connectivity index (χ3v) is 6.30. The molecule has 0 amide bonds. The molecule has 1 N–H and O–H groups in total. The maximum Gasteiger partial charge on any atom is 0.289 e. The van der Waals surface area contributed by atoms with Crippen LogP contribution in [0.3, 0.4) is 0 Å². The van der Waals surface area contributed by atoms with Crippen LogP contribution in [0.4, 0.5) is 5.69 Å². The van der Waals surface area contributed by atoms with Crippen molar-refractivity contribution in [2.24, 2.45) is 0 Å². The lowest BCUT2D eigenvalue weighted by molar-refractivity contribution is -0.387. The zero-order valence-corrected chi connectivity index (χ0v) is 13.4. The normalized spacial score (nSPS) is 22.1. The number of nitrogens with zero attached hydrogens (tertiary/aromatic N) is 2. The lowest BCUT2D eigenvalue weighted by atomic mass is 9.91. The highest BCUT2D eigenvalue weighted by atomic mass is 32.2. The number of morpholine rings is 1. The summed E-state index contributed by atoms with van der Waals surface area (Å²) < 4.78 is 33.0. The van der Waals surface area contributed by atoms with Gasteiger partial charge in [-0.15, -0.1) is 0 Å². The molecule has 1 spiro atoms. The Morgan fingerprint density at radius 2 is 1.96 bits per heavy atom.